The molecule has 0 saturated carbocycles. The zero-order valence-electron chi connectivity index (χ0n) is 9.82. The largest absolute Gasteiger partial charge is 0.331 e. The molecule has 0 unspecified atom stereocenters. The lowest BCUT2D eigenvalue weighted by Crippen LogP contribution is -2.00. The molecule has 98 valence electrons. The maximum atomic E-state index is 6.27. The summed E-state index contributed by atoms with van der Waals surface area (Å²) in [6.45, 7) is 0.829. The van der Waals surface area contributed by atoms with Gasteiger partial charge in [-0.1, -0.05) is 17.7 Å². The molecular weight excluding hydrogens is 364 g/mol. The molecule has 3 aromatic rings. The molecule has 0 saturated heterocycles. The lowest BCUT2D eigenvalue weighted by molar-refractivity contribution is 0.712. The smallest absolute Gasteiger partial charge is 0.178 e. The van der Waals surface area contributed by atoms with E-state index in [0.717, 1.165) is 37.6 Å². The van der Waals surface area contributed by atoms with Crippen LogP contribution < -0.4 is 0 Å². The first-order valence-corrected chi connectivity index (χ1v) is 8.16. The van der Waals surface area contributed by atoms with E-state index in [2.05, 4.69) is 37.6 Å². The minimum atomic E-state index is 0.721. The topological polar surface area (TPSA) is 20.7 Å². The third-order valence-electron chi connectivity index (χ3n) is 2.95. The number of aryl methyl sites for hydroxylation is 2. The van der Waals surface area contributed by atoms with Crippen molar-refractivity contribution in [2.24, 2.45) is 0 Å². The Morgan fingerprint density at radius 1 is 1.32 bits per heavy atom. The van der Waals surface area contributed by atoms with Gasteiger partial charge in [-0.15, -0.1) is 11.3 Å². The van der Waals surface area contributed by atoms with Crippen molar-refractivity contribution in [1.82, 2.24) is 9.55 Å². The molecule has 1 N–H and O–H groups in total. The number of hydrogen-bond donors (Lipinski definition) is 1. The summed E-state index contributed by atoms with van der Waals surface area (Å²) in [6.07, 6.45) is 0.947. The van der Waals surface area contributed by atoms with Crippen molar-refractivity contribution < 1.29 is 0 Å². The molecule has 1 aromatic carbocycles. The number of para-hydroxylation sites is 1. The maximum Gasteiger partial charge on any atom is 0.178 e. The molecule has 19 heavy (non-hydrogen) atoms. The second-order valence-electron chi connectivity index (χ2n) is 4.17. The standard InChI is InChI=1S/C13H10BrClN2S2/c14-11-5-4-8(19-11)6-7-17-12-9(15)2-1-3-10(12)16-13(17)18/h1-5H,6-7H2,(H,16,18). The number of nitrogens with zero attached hydrogens (tertiary/aromatic N) is 1. The summed E-state index contributed by atoms with van der Waals surface area (Å²) < 4.78 is 3.95. The molecule has 0 aliphatic carbocycles. The summed E-state index contributed by atoms with van der Waals surface area (Å²) in [5.74, 6) is 0. The van der Waals surface area contributed by atoms with Crippen LogP contribution >= 0.6 is 51.1 Å². The number of benzene rings is 1. The number of thiophene rings is 1. The molecule has 0 spiro atoms. The van der Waals surface area contributed by atoms with Crippen LogP contribution in [0.4, 0.5) is 0 Å². The average molecular weight is 374 g/mol. The fourth-order valence-corrected chi connectivity index (χ4v) is 4.14. The molecule has 0 bridgehead atoms. The Hall–Kier alpha value is -0.620. The van der Waals surface area contributed by atoms with Crippen molar-refractivity contribution in [3.05, 3.63) is 48.8 Å². The third-order valence-corrected chi connectivity index (χ3v) is 5.26. The van der Waals surface area contributed by atoms with Crippen molar-refractivity contribution in [2.75, 3.05) is 0 Å². The fraction of sp³-hybridized carbons (Fsp3) is 0.154. The minimum absolute atomic E-state index is 0.721. The molecule has 0 amide bonds. The molecule has 3 rings (SSSR count). The van der Waals surface area contributed by atoms with Crippen LogP contribution in [0.1, 0.15) is 4.88 Å². The Labute approximate surface area is 133 Å². The van der Waals surface area contributed by atoms with Gasteiger partial charge in [-0.05, 0) is 58.8 Å². The number of rotatable bonds is 3. The third kappa shape index (κ3) is 2.65. The van der Waals surface area contributed by atoms with Crippen LogP contribution in [0.5, 0.6) is 0 Å². The van der Waals surface area contributed by atoms with Crippen LogP contribution in [0, 0.1) is 4.77 Å². The normalized spacial score (nSPS) is 11.3. The number of H-pyrrole nitrogens is 1. The summed E-state index contributed by atoms with van der Waals surface area (Å²) in [5.41, 5.74) is 1.98. The first kappa shape index (κ1) is 13.4. The van der Waals surface area contributed by atoms with Crippen LogP contribution in [-0.2, 0) is 13.0 Å². The van der Waals surface area contributed by atoms with Crippen LogP contribution in [0.3, 0.4) is 0 Å². The lowest BCUT2D eigenvalue weighted by Gasteiger charge is -2.04. The molecule has 0 atom stereocenters. The first-order valence-electron chi connectivity index (χ1n) is 5.76. The molecule has 0 aliphatic rings. The number of nitrogens with one attached hydrogen (secondary N) is 1. The summed E-state index contributed by atoms with van der Waals surface area (Å²) in [7, 11) is 0. The Kier molecular flexibility index (Phi) is 3.80. The molecule has 2 heterocycles. The van der Waals surface area contributed by atoms with Gasteiger partial charge in [0, 0.05) is 11.4 Å². The zero-order chi connectivity index (χ0) is 13.4. The molecule has 6 heteroatoms. The van der Waals surface area contributed by atoms with E-state index in [9.17, 15) is 0 Å². The Morgan fingerprint density at radius 3 is 2.89 bits per heavy atom. The predicted octanol–water partition coefficient (Wildman–Crippen LogP) is 5.42. The van der Waals surface area contributed by atoms with Gasteiger partial charge in [0.25, 0.3) is 0 Å². The Bertz CT molecular complexity index is 787. The Morgan fingerprint density at radius 2 is 2.16 bits per heavy atom. The van der Waals surface area contributed by atoms with Gasteiger partial charge >= 0.3 is 0 Å². The van der Waals surface area contributed by atoms with Crippen molar-refractivity contribution in [3.8, 4) is 0 Å². The van der Waals surface area contributed by atoms with E-state index in [1.165, 1.54) is 4.88 Å². The molecule has 0 fully saturated rings. The van der Waals surface area contributed by atoms with E-state index in [1.807, 2.05) is 18.2 Å². The highest BCUT2D eigenvalue weighted by atomic mass is 79.9. The number of aromatic amines is 1. The summed E-state index contributed by atoms with van der Waals surface area (Å²) >= 11 is 16.9. The second-order valence-corrected chi connectivity index (χ2v) is 7.52. The lowest BCUT2D eigenvalue weighted by atomic mass is 10.3. The maximum absolute atomic E-state index is 6.27. The molecule has 0 radical (unpaired) electrons. The SMILES string of the molecule is S=c1[nH]c2cccc(Cl)c2n1CCc1ccc(Br)s1. The highest BCUT2D eigenvalue weighted by molar-refractivity contribution is 9.11. The molecular formula is C13H10BrClN2S2. The minimum Gasteiger partial charge on any atom is -0.331 e. The monoisotopic (exact) mass is 372 g/mol. The van der Waals surface area contributed by atoms with E-state index < -0.39 is 0 Å². The van der Waals surface area contributed by atoms with E-state index >= 15 is 0 Å². The number of halogens is 2. The van der Waals surface area contributed by atoms with Crippen LogP contribution in [0.25, 0.3) is 11.0 Å². The van der Waals surface area contributed by atoms with Crippen molar-refractivity contribution in [1.29, 1.82) is 0 Å². The van der Waals surface area contributed by atoms with E-state index in [-0.39, 0.29) is 0 Å². The molecule has 0 aliphatic heterocycles. The quantitative estimate of drug-likeness (QED) is 0.608. The van der Waals surface area contributed by atoms with Gasteiger partial charge in [0.1, 0.15) is 0 Å². The first-order chi connectivity index (χ1) is 9.15. The highest BCUT2D eigenvalue weighted by Gasteiger charge is 2.08. The predicted molar refractivity (Wildman–Crippen MR) is 87.9 cm³/mol. The van der Waals surface area contributed by atoms with E-state index in [4.69, 9.17) is 23.8 Å². The second kappa shape index (κ2) is 5.40. The summed E-state index contributed by atoms with van der Waals surface area (Å²) in [6, 6.07) is 10.0. The van der Waals surface area contributed by atoms with Crippen molar-refractivity contribution in [3.63, 3.8) is 0 Å². The number of imidazole rings is 1. The van der Waals surface area contributed by atoms with Crippen LogP contribution in [0.15, 0.2) is 34.1 Å². The summed E-state index contributed by atoms with van der Waals surface area (Å²) in [5, 5.41) is 0.734. The highest BCUT2D eigenvalue weighted by Crippen LogP contribution is 2.26. The van der Waals surface area contributed by atoms with Gasteiger partial charge in [-0.2, -0.15) is 0 Å². The summed E-state index contributed by atoms with van der Waals surface area (Å²) in [4.78, 5) is 4.53. The van der Waals surface area contributed by atoms with Crippen LogP contribution in [0.2, 0.25) is 5.02 Å². The molecule has 2 nitrogen and oxygen atoms in total. The zero-order valence-corrected chi connectivity index (χ0v) is 13.8. The van der Waals surface area contributed by atoms with Crippen molar-refractivity contribution in [2.45, 2.75) is 13.0 Å². The van der Waals surface area contributed by atoms with Gasteiger partial charge in [0.2, 0.25) is 0 Å². The van der Waals surface area contributed by atoms with Gasteiger partial charge in [0.05, 0.1) is 19.8 Å². The fourth-order valence-electron chi connectivity index (χ4n) is 2.10. The number of aromatic nitrogens is 2. The van der Waals surface area contributed by atoms with E-state index in [1.54, 1.807) is 11.3 Å². The van der Waals surface area contributed by atoms with Gasteiger partial charge < -0.3 is 9.55 Å². The van der Waals surface area contributed by atoms with Crippen LogP contribution in [-0.4, -0.2) is 9.55 Å². The van der Waals surface area contributed by atoms with Gasteiger partial charge in [0.15, 0.2) is 4.77 Å². The number of fused-ring (bicyclic) bond motifs is 1. The Balaban J connectivity index is 1.96. The number of hydrogen-bond acceptors (Lipinski definition) is 2. The van der Waals surface area contributed by atoms with E-state index in [0.29, 0.717) is 0 Å². The average Bonchev–Trinajstić information content (AvgIpc) is 2.91. The van der Waals surface area contributed by atoms with Gasteiger partial charge in [-0.25, -0.2) is 0 Å². The molecule has 2 aromatic heterocycles. The van der Waals surface area contributed by atoms with Crippen molar-refractivity contribution >= 4 is 62.1 Å². The van der Waals surface area contributed by atoms with Gasteiger partial charge in [-0.3, -0.25) is 0 Å².